The summed E-state index contributed by atoms with van der Waals surface area (Å²) in [6.07, 6.45) is 1.37. The standard InChI is InChI=1S/C12H14N4O2/c1-2-17-9-4-3-5-10(6-9)18-12-7-11(16-13)14-8-15-12/h3-8H,2,13H2,1H3,(H,14,15,16). The molecule has 3 N–H and O–H groups in total. The number of nitrogens with zero attached hydrogens (tertiary/aromatic N) is 2. The molecule has 6 heteroatoms. The van der Waals surface area contributed by atoms with Gasteiger partial charge < -0.3 is 14.9 Å². The number of nitrogens with one attached hydrogen (secondary N) is 1. The first kappa shape index (κ1) is 12.1. The molecule has 1 heterocycles. The molecule has 6 nitrogen and oxygen atoms in total. The molecule has 2 aromatic rings. The average molecular weight is 246 g/mol. The van der Waals surface area contributed by atoms with Crippen LogP contribution < -0.4 is 20.7 Å². The van der Waals surface area contributed by atoms with E-state index in [2.05, 4.69) is 15.4 Å². The van der Waals surface area contributed by atoms with Gasteiger partial charge in [0.2, 0.25) is 5.88 Å². The largest absolute Gasteiger partial charge is 0.494 e. The van der Waals surface area contributed by atoms with Crippen molar-refractivity contribution < 1.29 is 9.47 Å². The van der Waals surface area contributed by atoms with Gasteiger partial charge >= 0.3 is 0 Å². The molecule has 0 saturated carbocycles. The van der Waals surface area contributed by atoms with E-state index in [9.17, 15) is 0 Å². The third-order valence-corrected chi connectivity index (χ3v) is 2.13. The molecule has 0 aliphatic rings. The second-order valence-electron chi connectivity index (χ2n) is 3.40. The van der Waals surface area contributed by atoms with Gasteiger partial charge in [0.1, 0.15) is 23.6 Å². The van der Waals surface area contributed by atoms with Crippen LogP contribution in [0.4, 0.5) is 5.82 Å². The Kier molecular flexibility index (Phi) is 3.93. The van der Waals surface area contributed by atoms with Crippen molar-refractivity contribution in [2.75, 3.05) is 12.0 Å². The number of benzene rings is 1. The van der Waals surface area contributed by atoms with Crippen LogP contribution in [0.3, 0.4) is 0 Å². The number of hydrogen-bond donors (Lipinski definition) is 2. The molecule has 0 unspecified atom stereocenters. The molecular formula is C12H14N4O2. The number of ether oxygens (including phenoxy) is 2. The summed E-state index contributed by atoms with van der Waals surface area (Å²) < 4.78 is 11.0. The molecule has 0 spiro atoms. The Morgan fingerprint density at radius 2 is 2.06 bits per heavy atom. The Labute approximate surface area is 105 Å². The normalized spacial score (nSPS) is 9.89. The van der Waals surface area contributed by atoms with Crippen molar-refractivity contribution in [1.29, 1.82) is 0 Å². The third-order valence-electron chi connectivity index (χ3n) is 2.13. The molecule has 0 bridgehead atoms. The van der Waals surface area contributed by atoms with E-state index < -0.39 is 0 Å². The van der Waals surface area contributed by atoms with Crippen LogP contribution in [0.1, 0.15) is 6.92 Å². The minimum Gasteiger partial charge on any atom is -0.494 e. The molecule has 1 aromatic heterocycles. The van der Waals surface area contributed by atoms with Gasteiger partial charge in [-0.05, 0) is 19.1 Å². The smallest absolute Gasteiger partial charge is 0.224 e. The van der Waals surface area contributed by atoms with Gasteiger partial charge in [-0.2, -0.15) is 0 Å². The van der Waals surface area contributed by atoms with E-state index in [0.29, 0.717) is 24.1 Å². The van der Waals surface area contributed by atoms with Crippen LogP contribution in [0.5, 0.6) is 17.4 Å². The fourth-order valence-electron chi connectivity index (χ4n) is 1.39. The van der Waals surface area contributed by atoms with Crippen molar-refractivity contribution in [3.63, 3.8) is 0 Å². The summed E-state index contributed by atoms with van der Waals surface area (Å²) >= 11 is 0. The van der Waals surface area contributed by atoms with Crippen LogP contribution in [0.25, 0.3) is 0 Å². The van der Waals surface area contributed by atoms with Gasteiger partial charge in [0.15, 0.2) is 0 Å². The van der Waals surface area contributed by atoms with Crippen molar-refractivity contribution in [1.82, 2.24) is 9.97 Å². The first-order chi connectivity index (χ1) is 8.81. The number of hydrazine groups is 1. The van der Waals surface area contributed by atoms with Crippen LogP contribution >= 0.6 is 0 Å². The van der Waals surface area contributed by atoms with E-state index in [-0.39, 0.29) is 0 Å². The fraction of sp³-hybridized carbons (Fsp3) is 0.167. The molecule has 0 atom stereocenters. The van der Waals surface area contributed by atoms with E-state index in [4.69, 9.17) is 15.3 Å². The highest BCUT2D eigenvalue weighted by Gasteiger charge is 2.02. The highest BCUT2D eigenvalue weighted by molar-refractivity contribution is 5.39. The van der Waals surface area contributed by atoms with Crippen LogP contribution in [0.2, 0.25) is 0 Å². The maximum atomic E-state index is 5.58. The molecule has 0 aliphatic carbocycles. The SMILES string of the molecule is CCOc1cccc(Oc2cc(NN)ncn2)c1. The number of hydrogen-bond acceptors (Lipinski definition) is 6. The molecule has 1 aromatic carbocycles. The summed E-state index contributed by atoms with van der Waals surface area (Å²) in [6, 6.07) is 8.93. The van der Waals surface area contributed by atoms with Crippen LogP contribution in [-0.4, -0.2) is 16.6 Å². The predicted molar refractivity (Wildman–Crippen MR) is 67.5 cm³/mol. The Balaban J connectivity index is 2.14. The Morgan fingerprint density at radius 1 is 1.22 bits per heavy atom. The summed E-state index contributed by atoms with van der Waals surface area (Å²) in [5.74, 6) is 7.55. The first-order valence-electron chi connectivity index (χ1n) is 5.51. The molecule has 2 rings (SSSR count). The van der Waals surface area contributed by atoms with Crippen LogP contribution in [-0.2, 0) is 0 Å². The lowest BCUT2D eigenvalue weighted by atomic mass is 10.3. The average Bonchev–Trinajstić information content (AvgIpc) is 2.40. The van der Waals surface area contributed by atoms with Gasteiger partial charge in [0.25, 0.3) is 0 Å². The van der Waals surface area contributed by atoms with E-state index in [1.54, 1.807) is 12.1 Å². The molecule has 0 amide bonds. The van der Waals surface area contributed by atoms with E-state index in [1.165, 1.54) is 6.33 Å². The zero-order chi connectivity index (χ0) is 12.8. The number of nitrogens with two attached hydrogens (primary N) is 1. The lowest BCUT2D eigenvalue weighted by Gasteiger charge is -2.07. The van der Waals surface area contributed by atoms with Gasteiger partial charge in [-0.25, -0.2) is 15.8 Å². The topological polar surface area (TPSA) is 82.3 Å². The lowest BCUT2D eigenvalue weighted by Crippen LogP contribution is -2.08. The zero-order valence-corrected chi connectivity index (χ0v) is 9.96. The van der Waals surface area contributed by atoms with Crippen LogP contribution in [0, 0.1) is 0 Å². The first-order valence-corrected chi connectivity index (χ1v) is 5.51. The molecule has 0 aliphatic heterocycles. The Hall–Kier alpha value is -2.34. The number of anilines is 1. The predicted octanol–water partition coefficient (Wildman–Crippen LogP) is 1.95. The van der Waals surface area contributed by atoms with E-state index in [1.807, 2.05) is 25.1 Å². The van der Waals surface area contributed by atoms with Gasteiger partial charge in [0.05, 0.1) is 6.61 Å². The van der Waals surface area contributed by atoms with Crippen molar-refractivity contribution in [3.05, 3.63) is 36.7 Å². The zero-order valence-electron chi connectivity index (χ0n) is 9.96. The highest BCUT2D eigenvalue weighted by Crippen LogP contribution is 2.24. The van der Waals surface area contributed by atoms with Gasteiger partial charge in [-0.15, -0.1) is 0 Å². The molecule has 0 fully saturated rings. The van der Waals surface area contributed by atoms with Crippen molar-refractivity contribution >= 4 is 5.82 Å². The Bertz CT molecular complexity index is 519. The maximum absolute atomic E-state index is 5.58. The van der Waals surface area contributed by atoms with Crippen molar-refractivity contribution in [2.24, 2.45) is 5.84 Å². The van der Waals surface area contributed by atoms with Crippen molar-refractivity contribution in [2.45, 2.75) is 6.92 Å². The van der Waals surface area contributed by atoms with E-state index in [0.717, 1.165) is 5.75 Å². The van der Waals surface area contributed by atoms with Crippen molar-refractivity contribution in [3.8, 4) is 17.4 Å². The number of nitrogen functional groups attached to an aromatic ring is 1. The summed E-state index contributed by atoms with van der Waals surface area (Å²) in [6.45, 7) is 2.54. The molecular weight excluding hydrogens is 232 g/mol. The summed E-state index contributed by atoms with van der Waals surface area (Å²) in [7, 11) is 0. The molecule has 94 valence electrons. The Morgan fingerprint density at radius 3 is 2.83 bits per heavy atom. The maximum Gasteiger partial charge on any atom is 0.224 e. The lowest BCUT2D eigenvalue weighted by molar-refractivity contribution is 0.338. The van der Waals surface area contributed by atoms with Gasteiger partial charge in [-0.1, -0.05) is 6.07 Å². The number of aromatic nitrogens is 2. The summed E-state index contributed by atoms with van der Waals surface area (Å²) in [5, 5.41) is 0. The fourth-order valence-corrected chi connectivity index (χ4v) is 1.39. The highest BCUT2D eigenvalue weighted by atomic mass is 16.5. The monoisotopic (exact) mass is 246 g/mol. The van der Waals surface area contributed by atoms with Gasteiger partial charge in [-0.3, -0.25) is 0 Å². The number of rotatable bonds is 5. The second kappa shape index (κ2) is 5.83. The summed E-state index contributed by atoms with van der Waals surface area (Å²) in [5.41, 5.74) is 2.43. The minimum atomic E-state index is 0.409. The molecule has 0 radical (unpaired) electrons. The van der Waals surface area contributed by atoms with E-state index >= 15 is 0 Å². The molecule has 18 heavy (non-hydrogen) atoms. The molecule has 0 saturated heterocycles. The quantitative estimate of drug-likeness (QED) is 0.620. The minimum absolute atomic E-state index is 0.409. The third kappa shape index (κ3) is 3.08. The van der Waals surface area contributed by atoms with Gasteiger partial charge in [0, 0.05) is 12.1 Å². The van der Waals surface area contributed by atoms with Crippen LogP contribution in [0.15, 0.2) is 36.7 Å². The second-order valence-corrected chi connectivity index (χ2v) is 3.40. The summed E-state index contributed by atoms with van der Waals surface area (Å²) in [4.78, 5) is 7.88.